The van der Waals surface area contributed by atoms with Crippen LogP contribution >= 0.6 is 0 Å². The molecule has 1 N–H and O–H groups in total. The number of methoxy groups -OCH3 is 1. The zero-order valence-electron chi connectivity index (χ0n) is 24.7. The van der Waals surface area contributed by atoms with Crippen LogP contribution in [0.4, 0.5) is 22.0 Å². The van der Waals surface area contributed by atoms with Crippen molar-refractivity contribution in [2.45, 2.75) is 32.4 Å². The van der Waals surface area contributed by atoms with Gasteiger partial charge in [0.2, 0.25) is 5.91 Å². The van der Waals surface area contributed by atoms with Crippen LogP contribution in [0.5, 0.6) is 0 Å². The highest BCUT2D eigenvalue weighted by atomic mass is 19.4. The third-order valence-electron chi connectivity index (χ3n) is 8.05. The van der Waals surface area contributed by atoms with Crippen molar-refractivity contribution in [2.24, 2.45) is 5.41 Å². The molecule has 2 heterocycles. The minimum Gasteiger partial charge on any atom is -0.468 e. The summed E-state index contributed by atoms with van der Waals surface area (Å²) in [4.78, 5) is 39.9. The standard InChI is InChI=1S/C21H15NO.C12H17F5N2O3/c1-14-6-4-10-18-16(14)9-5-11-20(18)21-19-8-3-2-7-17(19)15(13-23)12-22-21;1-22-9(20)6-18-10(21)11(12(15,16)17)2-4-19(5-3-11)7-8(13)14/h2-13H,1H3;8H,2-7H2,1H3,(H,18,21). The number of alkyl halides is 5. The molecule has 3 aromatic carbocycles. The molecule has 0 atom stereocenters. The molecule has 1 aromatic heterocycles. The Balaban J connectivity index is 0.000000205. The number of nitrogens with one attached hydrogen (secondary N) is 1. The van der Waals surface area contributed by atoms with Crippen molar-refractivity contribution in [3.63, 3.8) is 0 Å². The molecule has 0 aliphatic carbocycles. The number of fused-ring (bicyclic) bond motifs is 2. The summed E-state index contributed by atoms with van der Waals surface area (Å²) in [5.74, 6) is -2.21. The first-order valence-corrected chi connectivity index (χ1v) is 14.2. The van der Waals surface area contributed by atoms with E-state index in [1.807, 2.05) is 29.6 Å². The van der Waals surface area contributed by atoms with E-state index in [0.29, 0.717) is 5.56 Å². The first-order chi connectivity index (χ1) is 21.4. The molecule has 0 bridgehead atoms. The Morgan fingerprint density at radius 1 is 0.978 bits per heavy atom. The van der Waals surface area contributed by atoms with E-state index >= 15 is 0 Å². The van der Waals surface area contributed by atoms with Crippen LogP contribution in [0.2, 0.25) is 0 Å². The van der Waals surface area contributed by atoms with Crippen LogP contribution in [-0.4, -0.2) is 73.9 Å². The highest BCUT2D eigenvalue weighted by Crippen LogP contribution is 2.46. The molecule has 238 valence electrons. The van der Waals surface area contributed by atoms with Gasteiger partial charge in [-0.1, -0.05) is 60.7 Å². The van der Waals surface area contributed by atoms with Crippen molar-refractivity contribution in [2.75, 3.05) is 33.3 Å². The van der Waals surface area contributed by atoms with Gasteiger partial charge in [-0.05, 0) is 54.6 Å². The minimum atomic E-state index is -4.83. The van der Waals surface area contributed by atoms with E-state index in [4.69, 9.17) is 0 Å². The molecule has 1 amide bonds. The molecule has 45 heavy (non-hydrogen) atoms. The molecule has 12 heteroatoms. The number of carbonyl (C=O) groups excluding carboxylic acids is 3. The largest absolute Gasteiger partial charge is 0.468 e. The Kier molecular flexibility index (Phi) is 10.5. The molecule has 1 aliphatic heterocycles. The van der Waals surface area contributed by atoms with Gasteiger partial charge in [0.25, 0.3) is 6.43 Å². The summed E-state index contributed by atoms with van der Waals surface area (Å²) in [5, 5.41) is 6.27. The first kappa shape index (κ1) is 33.4. The van der Waals surface area contributed by atoms with Crippen LogP contribution in [0.3, 0.4) is 0 Å². The lowest BCUT2D eigenvalue weighted by molar-refractivity contribution is -0.233. The molecule has 7 nitrogen and oxygen atoms in total. The van der Waals surface area contributed by atoms with Crippen LogP contribution in [-0.2, 0) is 14.3 Å². The van der Waals surface area contributed by atoms with Gasteiger partial charge in [-0.25, -0.2) is 8.78 Å². The molecular formula is C33H32F5N3O4. The van der Waals surface area contributed by atoms with Gasteiger partial charge in [0.05, 0.1) is 19.3 Å². The van der Waals surface area contributed by atoms with Gasteiger partial charge in [-0.3, -0.25) is 24.3 Å². The zero-order chi connectivity index (χ0) is 32.8. The Morgan fingerprint density at radius 3 is 2.22 bits per heavy atom. The lowest BCUT2D eigenvalue weighted by Crippen LogP contribution is -2.57. The number of hydrogen-bond acceptors (Lipinski definition) is 6. The lowest BCUT2D eigenvalue weighted by atomic mass is 9.76. The summed E-state index contributed by atoms with van der Waals surface area (Å²) >= 11 is 0. The van der Waals surface area contributed by atoms with Crippen LogP contribution in [0.25, 0.3) is 32.8 Å². The van der Waals surface area contributed by atoms with E-state index < -0.39 is 55.8 Å². The van der Waals surface area contributed by atoms with Crippen molar-refractivity contribution < 1.29 is 41.1 Å². The number of carbonyl (C=O) groups is 3. The van der Waals surface area contributed by atoms with E-state index in [1.165, 1.54) is 21.2 Å². The van der Waals surface area contributed by atoms with E-state index in [2.05, 4.69) is 53.0 Å². The molecule has 0 unspecified atom stereocenters. The fourth-order valence-electron chi connectivity index (χ4n) is 5.54. The summed E-state index contributed by atoms with van der Waals surface area (Å²) in [6.07, 6.45) is -6.20. The average molecular weight is 630 g/mol. The van der Waals surface area contributed by atoms with Gasteiger partial charge in [0, 0.05) is 22.7 Å². The SMILES string of the molecule is COC(=O)CNC(=O)C1(C(F)(F)F)CCN(CC(F)F)CC1.Cc1cccc2c(-c3ncc(C=O)c4ccccc34)cccc12. The molecule has 1 fully saturated rings. The quantitative estimate of drug-likeness (QED) is 0.145. The first-order valence-electron chi connectivity index (χ1n) is 14.2. The average Bonchev–Trinajstić information content (AvgIpc) is 3.03. The third kappa shape index (κ3) is 7.28. The van der Waals surface area contributed by atoms with Crippen molar-refractivity contribution in [3.8, 4) is 11.3 Å². The van der Waals surface area contributed by atoms with E-state index in [-0.39, 0.29) is 13.1 Å². The van der Waals surface area contributed by atoms with Crippen molar-refractivity contribution in [3.05, 3.63) is 78.0 Å². The lowest BCUT2D eigenvalue weighted by Gasteiger charge is -2.41. The summed E-state index contributed by atoms with van der Waals surface area (Å²) in [5.41, 5.74) is 1.22. The molecular weight excluding hydrogens is 597 g/mol. The number of hydrogen-bond donors (Lipinski definition) is 1. The number of aromatic nitrogens is 1. The normalized spacial score (nSPS) is 14.9. The van der Waals surface area contributed by atoms with Crippen molar-refractivity contribution in [1.29, 1.82) is 0 Å². The van der Waals surface area contributed by atoms with Crippen LogP contribution in [0.15, 0.2) is 66.9 Å². The Labute approximate surface area is 256 Å². The monoisotopic (exact) mass is 629 g/mol. The zero-order valence-corrected chi connectivity index (χ0v) is 24.7. The van der Waals surface area contributed by atoms with E-state index in [1.54, 1.807) is 6.20 Å². The number of amides is 1. The van der Waals surface area contributed by atoms with Gasteiger partial charge in [-0.15, -0.1) is 0 Å². The maximum Gasteiger partial charge on any atom is 0.403 e. The summed E-state index contributed by atoms with van der Waals surface area (Å²) < 4.78 is 68.7. The molecule has 0 saturated carbocycles. The number of rotatable bonds is 7. The predicted octanol–water partition coefficient (Wildman–Crippen LogP) is 6.36. The topological polar surface area (TPSA) is 88.6 Å². The molecule has 1 saturated heterocycles. The third-order valence-corrected chi connectivity index (χ3v) is 8.05. The molecule has 4 aromatic rings. The summed E-state index contributed by atoms with van der Waals surface area (Å²) in [6.45, 7) is 0.282. The molecule has 5 rings (SSSR count). The van der Waals surface area contributed by atoms with Gasteiger partial charge in [0.1, 0.15) is 12.0 Å². The van der Waals surface area contributed by atoms with Crippen LogP contribution < -0.4 is 5.32 Å². The number of piperidine rings is 1. The maximum absolute atomic E-state index is 13.3. The Morgan fingerprint density at radius 2 is 1.60 bits per heavy atom. The molecule has 1 aliphatic rings. The fourth-order valence-corrected chi connectivity index (χ4v) is 5.54. The minimum absolute atomic E-state index is 0.268. The van der Waals surface area contributed by atoms with Crippen molar-refractivity contribution in [1.82, 2.24) is 15.2 Å². The molecule has 0 radical (unpaired) electrons. The summed E-state index contributed by atoms with van der Waals surface area (Å²) in [7, 11) is 1.04. The second kappa shape index (κ2) is 14.1. The highest BCUT2D eigenvalue weighted by molar-refractivity contribution is 6.08. The van der Waals surface area contributed by atoms with E-state index in [9.17, 15) is 36.3 Å². The summed E-state index contributed by atoms with van der Waals surface area (Å²) in [6, 6.07) is 20.5. The number of ether oxygens (including phenoxy) is 1. The van der Waals surface area contributed by atoms with Crippen LogP contribution in [0.1, 0.15) is 28.8 Å². The number of benzene rings is 3. The number of nitrogens with zero attached hydrogens (tertiary/aromatic N) is 2. The Hall–Kier alpha value is -4.45. The predicted molar refractivity (Wildman–Crippen MR) is 160 cm³/mol. The highest BCUT2D eigenvalue weighted by Gasteiger charge is 2.60. The fraction of sp³-hybridized carbons (Fsp3) is 0.333. The molecule has 0 spiro atoms. The number of likely N-dealkylation sites (tertiary alicyclic amines) is 1. The van der Waals surface area contributed by atoms with Crippen molar-refractivity contribution >= 4 is 39.7 Å². The smallest absolute Gasteiger partial charge is 0.403 e. The number of esters is 1. The van der Waals surface area contributed by atoms with Gasteiger partial charge in [0.15, 0.2) is 6.29 Å². The number of aryl methyl sites for hydroxylation is 1. The maximum atomic E-state index is 13.3. The number of aldehydes is 1. The second-order valence-corrected chi connectivity index (χ2v) is 10.7. The Bertz CT molecular complexity index is 1680. The number of halogens is 5. The van der Waals surface area contributed by atoms with E-state index in [0.717, 1.165) is 35.4 Å². The van der Waals surface area contributed by atoms with Crippen LogP contribution in [0, 0.1) is 12.3 Å². The van der Waals surface area contributed by atoms with Gasteiger partial charge >= 0.3 is 12.1 Å². The van der Waals surface area contributed by atoms with Gasteiger partial charge in [-0.2, -0.15) is 13.2 Å². The number of pyridine rings is 1. The second-order valence-electron chi connectivity index (χ2n) is 10.7. The van der Waals surface area contributed by atoms with Gasteiger partial charge < -0.3 is 10.1 Å².